The van der Waals surface area contributed by atoms with E-state index < -0.39 is 0 Å². The van der Waals surface area contributed by atoms with Crippen molar-refractivity contribution in [3.05, 3.63) is 29.6 Å². The summed E-state index contributed by atoms with van der Waals surface area (Å²) in [5.41, 5.74) is 0.635. The van der Waals surface area contributed by atoms with Gasteiger partial charge in [-0.05, 0) is 25.3 Å². The minimum atomic E-state index is -0.278. The molecule has 1 aliphatic rings. The third kappa shape index (κ3) is 2.82. The van der Waals surface area contributed by atoms with Crippen molar-refractivity contribution >= 4 is 0 Å². The van der Waals surface area contributed by atoms with Crippen molar-refractivity contribution in [1.29, 1.82) is 0 Å². The van der Waals surface area contributed by atoms with Gasteiger partial charge in [-0.1, -0.05) is 12.1 Å². The van der Waals surface area contributed by atoms with Crippen molar-refractivity contribution in [3.63, 3.8) is 0 Å². The highest BCUT2D eigenvalue weighted by Gasteiger charge is 2.26. The highest BCUT2D eigenvalue weighted by molar-refractivity contribution is 5.31. The molecule has 0 heterocycles. The minimum Gasteiger partial charge on any atom is -0.494 e. The number of benzene rings is 1. The van der Waals surface area contributed by atoms with Crippen molar-refractivity contribution in [3.8, 4) is 5.75 Å². The van der Waals surface area contributed by atoms with E-state index in [1.807, 2.05) is 0 Å². The SMILES string of the molecule is COc1cccc(CNC2CCCC2OC)c1F. The van der Waals surface area contributed by atoms with E-state index in [1.165, 1.54) is 7.11 Å². The summed E-state index contributed by atoms with van der Waals surface area (Å²) >= 11 is 0. The molecule has 18 heavy (non-hydrogen) atoms. The first-order chi connectivity index (χ1) is 8.76. The zero-order valence-corrected chi connectivity index (χ0v) is 10.9. The molecule has 0 aromatic heterocycles. The number of nitrogens with one attached hydrogen (secondary N) is 1. The molecule has 0 amide bonds. The van der Waals surface area contributed by atoms with Crippen molar-refractivity contribution in [2.24, 2.45) is 0 Å². The molecule has 2 atom stereocenters. The maximum Gasteiger partial charge on any atom is 0.169 e. The molecule has 1 aromatic rings. The Kier molecular flexibility index (Phi) is 4.55. The lowest BCUT2D eigenvalue weighted by Gasteiger charge is -2.20. The van der Waals surface area contributed by atoms with Gasteiger partial charge < -0.3 is 14.8 Å². The Morgan fingerprint density at radius 2 is 2.17 bits per heavy atom. The standard InChI is InChI=1S/C14H20FNO2/c1-17-12-7-4-6-11(12)16-9-10-5-3-8-13(18-2)14(10)15/h3,5,8,11-12,16H,4,6-7,9H2,1-2H3. The van der Waals surface area contributed by atoms with Gasteiger partial charge in [0.25, 0.3) is 0 Å². The van der Waals surface area contributed by atoms with E-state index >= 15 is 0 Å². The van der Waals surface area contributed by atoms with Gasteiger partial charge in [-0.15, -0.1) is 0 Å². The van der Waals surface area contributed by atoms with Crippen LogP contribution in [-0.2, 0) is 11.3 Å². The lowest BCUT2D eigenvalue weighted by Crippen LogP contribution is -2.36. The predicted octanol–water partition coefficient (Wildman–Crippen LogP) is 2.49. The Hall–Kier alpha value is -1.13. The molecular weight excluding hydrogens is 233 g/mol. The highest BCUT2D eigenvalue weighted by Crippen LogP contribution is 2.23. The monoisotopic (exact) mass is 253 g/mol. The predicted molar refractivity (Wildman–Crippen MR) is 68.2 cm³/mol. The molecular formula is C14H20FNO2. The maximum atomic E-state index is 13.9. The van der Waals surface area contributed by atoms with Gasteiger partial charge in [0, 0.05) is 25.3 Å². The summed E-state index contributed by atoms with van der Waals surface area (Å²) in [6.07, 6.45) is 3.58. The van der Waals surface area contributed by atoms with Crippen LogP contribution in [0.1, 0.15) is 24.8 Å². The van der Waals surface area contributed by atoms with E-state index in [4.69, 9.17) is 9.47 Å². The van der Waals surface area contributed by atoms with Crippen LogP contribution < -0.4 is 10.1 Å². The number of hydrogen-bond donors (Lipinski definition) is 1. The van der Waals surface area contributed by atoms with Crippen molar-refractivity contribution in [1.82, 2.24) is 5.32 Å². The Balaban J connectivity index is 1.98. The van der Waals surface area contributed by atoms with Crippen molar-refractivity contribution < 1.29 is 13.9 Å². The second-order valence-electron chi connectivity index (χ2n) is 4.63. The van der Waals surface area contributed by atoms with Gasteiger partial charge in [-0.25, -0.2) is 4.39 Å². The first-order valence-corrected chi connectivity index (χ1v) is 6.33. The Morgan fingerprint density at radius 3 is 2.89 bits per heavy atom. The van der Waals surface area contributed by atoms with Crippen LogP contribution in [0.3, 0.4) is 0 Å². The molecule has 0 aliphatic heterocycles. The fourth-order valence-electron chi connectivity index (χ4n) is 2.53. The second-order valence-corrected chi connectivity index (χ2v) is 4.63. The van der Waals surface area contributed by atoms with E-state index in [1.54, 1.807) is 25.3 Å². The quantitative estimate of drug-likeness (QED) is 0.874. The Labute approximate surface area is 107 Å². The number of ether oxygens (including phenoxy) is 2. The first-order valence-electron chi connectivity index (χ1n) is 6.33. The number of methoxy groups -OCH3 is 2. The van der Waals surface area contributed by atoms with E-state index in [9.17, 15) is 4.39 Å². The molecule has 1 saturated carbocycles. The van der Waals surface area contributed by atoms with E-state index in [-0.39, 0.29) is 11.9 Å². The molecule has 0 bridgehead atoms. The van der Waals surface area contributed by atoms with Crippen molar-refractivity contribution in [2.45, 2.75) is 38.0 Å². The lowest BCUT2D eigenvalue weighted by molar-refractivity contribution is 0.0846. The zero-order valence-electron chi connectivity index (χ0n) is 10.9. The van der Waals surface area contributed by atoms with Gasteiger partial charge in [-0.2, -0.15) is 0 Å². The molecule has 0 radical (unpaired) electrons. The minimum absolute atomic E-state index is 0.249. The second kappa shape index (κ2) is 6.16. The topological polar surface area (TPSA) is 30.5 Å². The largest absolute Gasteiger partial charge is 0.494 e. The Morgan fingerprint density at radius 1 is 1.33 bits per heavy atom. The normalized spacial score (nSPS) is 23.3. The van der Waals surface area contributed by atoms with Crippen LogP contribution in [0.5, 0.6) is 5.75 Å². The molecule has 1 aliphatic carbocycles. The summed E-state index contributed by atoms with van der Waals surface area (Å²) in [4.78, 5) is 0. The van der Waals surface area contributed by atoms with Gasteiger partial charge in [0.05, 0.1) is 13.2 Å². The van der Waals surface area contributed by atoms with Gasteiger partial charge in [0.1, 0.15) is 0 Å². The van der Waals surface area contributed by atoms with Gasteiger partial charge in [0.15, 0.2) is 11.6 Å². The fraction of sp³-hybridized carbons (Fsp3) is 0.571. The van der Waals surface area contributed by atoms with Crippen LogP contribution in [0.4, 0.5) is 4.39 Å². The average Bonchev–Trinajstić information content (AvgIpc) is 2.85. The van der Waals surface area contributed by atoms with Crippen LogP contribution in [0.25, 0.3) is 0 Å². The number of hydrogen-bond acceptors (Lipinski definition) is 3. The van der Waals surface area contributed by atoms with Gasteiger partial charge >= 0.3 is 0 Å². The first kappa shape index (κ1) is 13.3. The molecule has 0 spiro atoms. The summed E-state index contributed by atoms with van der Waals surface area (Å²) in [5, 5.41) is 3.37. The molecule has 1 fully saturated rings. The molecule has 0 saturated heterocycles. The molecule has 4 heteroatoms. The van der Waals surface area contributed by atoms with E-state index in [0.717, 1.165) is 19.3 Å². The summed E-state index contributed by atoms with van der Waals surface area (Å²) in [6, 6.07) is 5.54. The summed E-state index contributed by atoms with van der Waals surface area (Å²) in [7, 11) is 3.21. The molecule has 2 unspecified atom stereocenters. The lowest BCUT2D eigenvalue weighted by atomic mass is 10.1. The van der Waals surface area contributed by atoms with Crippen LogP contribution >= 0.6 is 0 Å². The summed E-state index contributed by atoms with van der Waals surface area (Å²) < 4.78 is 24.3. The molecule has 100 valence electrons. The van der Waals surface area contributed by atoms with Crippen LogP contribution in [0, 0.1) is 5.82 Å². The number of rotatable bonds is 5. The average molecular weight is 253 g/mol. The highest BCUT2D eigenvalue weighted by atomic mass is 19.1. The fourth-order valence-corrected chi connectivity index (χ4v) is 2.53. The number of halogens is 1. The third-order valence-corrected chi connectivity index (χ3v) is 3.57. The molecule has 2 rings (SSSR count). The van der Waals surface area contributed by atoms with Crippen LogP contribution in [0.15, 0.2) is 18.2 Å². The molecule has 1 N–H and O–H groups in total. The van der Waals surface area contributed by atoms with Gasteiger partial charge in [-0.3, -0.25) is 0 Å². The zero-order chi connectivity index (χ0) is 13.0. The van der Waals surface area contributed by atoms with E-state index in [2.05, 4.69) is 5.32 Å². The Bertz CT molecular complexity index is 397. The van der Waals surface area contributed by atoms with E-state index in [0.29, 0.717) is 23.9 Å². The van der Waals surface area contributed by atoms with Crippen molar-refractivity contribution in [2.75, 3.05) is 14.2 Å². The summed E-state index contributed by atoms with van der Waals surface area (Å²) in [6.45, 7) is 0.508. The van der Waals surface area contributed by atoms with Crippen LogP contribution in [0.2, 0.25) is 0 Å². The third-order valence-electron chi connectivity index (χ3n) is 3.57. The van der Waals surface area contributed by atoms with Crippen LogP contribution in [-0.4, -0.2) is 26.4 Å². The molecule has 3 nitrogen and oxygen atoms in total. The maximum absolute atomic E-state index is 13.9. The molecule has 1 aromatic carbocycles. The smallest absolute Gasteiger partial charge is 0.169 e. The summed E-state index contributed by atoms with van der Waals surface area (Å²) in [5.74, 6) is 0.0171. The van der Waals surface area contributed by atoms with Gasteiger partial charge in [0.2, 0.25) is 0 Å².